The fourth-order valence-corrected chi connectivity index (χ4v) is 2.47. The van der Waals surface area contributed by atoms with Crippen molar-refractivity contribution in [3.8, 4) is 5.75 Å². The van der Waals surface area contributed by atoms with Gasteiger partial charge in [0.2, 0.25) is 5.95 Å². The number of aliphatic carboxylic acids is 1. The highest BCUT2D eigenvalue weighted by Gasteiger charge is 2.30. The van der Waals surface area contributed by atoms with E-state index in [0.29, 0.717) is 5.95 Å². The molecule has 0 bridgehead atoms. The van der Waals surface area contributed by atoms with Crippen molar-refractivity contribution in [2.24, 2.45) is 4.99 Å². The van der Waals surface area contributed by atoms with E-state index in [1.165, 1.54) is 6.33 Å². The van der Waals surface area contributed by atoms with E-state index in [0.717, 1.165) is 11.3 Å². The summed E-state index contributed by atoms with van der Waals surface area (Å²) < 4.78 is 7.47. The Morgan fingerprint density at radius 1 is 1.41 bits per heavy atom. The van der Waals surface area contributed by atoms with Crippen LogP contribution in [0.5, 0.6) is 5.75 Å². The molecule has 0 saturated heterocycles. The number of carboxylic acid groups (broad SMARTS) is 1. The lowest BCUT2D eigenvalue weighted by atomic mass is 9.99. The molecule has 0 fully saturated rings. The second-order valence-electron chi connectivity index (χ2n) is 5.29. The first-order valence-corrected chi connectivity index (χ1v) is 7.02. The summed E-state index contributed by atoms with van der Waals surface area (Å²) in [4.78, 5) is 19.4. The summed E-state index contributed by atoms with van der Waals surface area (Å²) in [6, 6.07) is 7.27. The molecule has 1 aromatic carbocycles. The van der Waals surface area contributed by atoms with Crippen molar-refractivity contribution in [2.75, 3.05) is 0 Å². The molecule has 1 aliphatic heterocycles. The highest BCUT2D eigenvalue weighted by Crippen LogP contribution is 2.35. The summed E-state index contributed by atoms with van der Waals surface area (Å²) in [6.45, 7) is 3.89. The van der Waals surface area contributed by atoms with Crippen molar-refractivity contribution in [2.45, 2.75) is 32.4 Å². The van der Waals surface area contributed by atoms with Gasteiger partial charge in [0.1, 0.15) is 17.8 Å². The van der Waals surface area contributed by atoms with Gasteiger partial charge in [-0.05, 0) is 19.9 Å². The van der Waals surface area contributed by atoms with E-state index in [9.17, 15) is 9.90 Å². The lowest BCUT2D eigenvalue weighted by molar-refractivity contribution is -0.129. The zero-order chi connectivity index (χ0) is 15.7. The van der Waals surface area contributed by atoms with Crippen molar-refractivity contribution >= 4 is 17.6 Å². The second-order valence-corrected chi connectivity index (χ2v) is 5.29. The zero-order valence-corrected chi connectivity index (χ0v) is 12.3. The van der Waals surface area contributed by atoms with Crippen molar-refractivity contribution < 1.29 is 14.6 Å². The number of fused-ring (bicyclic) bond motifs is 1. The topological polar surface area (TPSA) is 89.6 Å². The van der Waals surface area contributed by atoms with Crippen LogP contribution in [-0.2, 0) is 4.79 Å². The first kappa shape index (κ1) is 14.2. The van der Waals surface area contributed by atoms with Crippen LogP contribution in [0, 0.1) is 0 Å². The number of hydrogen-bond donors (Lipinski definition) is 1. The van der Waals surface area contributed by atoms with Gasteiger partial charge in [0, 0.05) is 12.0 Å². The number of benzene rings is 1. The van der Waals surface area contributed by atoms with Gasteiger partial charge < -0.3 is 9.84 Å². The lowest BCUT2D eigenvalue weighted by Gasteiger charge is -2.24. The average Bonchev–Trinajstić information content (AvgIpc) is 2.94. The molecule has 0 spiro atoms. The molecule has 1 N–H and O–H groups in total. The van der Waals surface area contributed by atoms with Gasteiger partial charge in [-0.2, -0.15) is 10.1 Å². The smallest absolute Gasteiger partial charge is 0.350 e. The van der Waals surface area contributed by atoms with E-state index in [1.807, 2.05) is 38.1 Å². The van der Waals surface area contributed by atoms with Crippen molar-refractivity contribution in [3.63, 3.8) is 0 Å². The molecular formula is C15H16N4O3. The maximum Gasteiger partial charge on any atom is 0.350 e. The number of nitrogens with zero attached hydrogens (tertiary/aromatic N) is 4. The molecule has 7 heteroatoms. The standard InChI is InChI=1S/C15H16N4O3/c1-9(2)22-13-6-4-3-5-10(13)12-7-11(14(20)21)18-15-16-8-17-19(12)15/h3-6,8-9,12H,7H2,1-2H3,(H,20,21). The predicted molar refractivity (Wildman–Crippen MR) is 79.7 cm³/mol. The summed E-state index contributed by atoms with van der Waals surface area (Å²) >= 11 is 0. The van der Waals surface area contributed by atoms with Gasteiger partial charge in [0.05, 0.1) is 12.1 Å². The number of carbonyl (C=O) groups is 1. The van der Waals surface area contributed by atoms with Gasteiger partial charge in [-0.25, -0.2) is 14.5 Å². The molecule has 3 rings (SSSR count). The van der Waals surface area contributed by atoms with Gasteiger partial charge >= 0.3 is 5.97 Å². The highest BCUT2D eigenvalue weighted by molar-refractivity contribution is 6.36. The Morgan fingerprint density at radius 3 is 2.91 bits per heavy atom. The van der Waals surface area contributed by atoms with Crippen LogP contribution in [0.15, 0.2) is 35.6 Å². The summed E-state index contributed by atoms with van der Waals surface area (Å²) in [5.74, 6) is -0.0231. The minimum atomic E-state index is -1.04. The molecular weight excluding hydrogens is 284 g/mol. The molecule has 1 aromatic heterocycles. The van der Waals surface area contributed by atoms with Crippen LogP contribution in [0.25, 0.3) is 0 Å². The number of carboxylic acids is 1. The van der Waals surface area contributed by atoms with E-state index in [1.54, 1.807) is 4.68 Å². The van der Waals surface area contributed by atoms with Gasteiger partial charge in [-0.15, -0.1) is 0 Å². The summed E-state index contributed by atoms with van der Waals surface area (Å²) in [7, 11) is 0. The zero-order valence-electron chi connectivity index (χ0n) is 12.3. The highest BCUT2D eigenvalue weighted by atomic mass is 16.5. The van der Waals surface area contributed by atoms with Crippen molar-refractivity contribution in [3.05, 3.63) is 36.2 Å². The summed E-state index contributed by atoms with van der Waals surface area (Å²) in [5.41, 5.74) is 0.946. The number of para-hydroxylation sites is 1. The Hall–Kier alpha value is -2.70. The molecule has 2 aromatic rings. The molecule has 0 amide bonds. The summed E-state index contributed by atoms with van der Waals surface area (Å²) in [5, 5.41) is 13.4. The minimum absolute atomic E-state index is 0.0209. The first-order chi connectivity index (χ1) is 10.6. The maximum absolute atomic E-state index is 11.3. The van der Waals surface area contributed by atoms with Crippen LogP contribution in [-0.4, -0.2) is 37.7 Å². The molecule has 1 unspecified atom stereocenters. The number of aliphatic imine (C=N–C) groups is 1. The number of hydrogen-bond acceptors (Lipinski definition) is 5. The molecule has 1 aliphatic rings. The largest absolute Gasteiger partial charge is 0.491 e. The molecule has 114 valence electrons. The van der Waals surface area contributed by atoms with Crippen LogP contribution in [0.1, 0.15) is 31.9 Å². The molecule has 22 heavy (non-hydrogen) atoms. The van der Waals surface area contributed by atoms with Crippen LogP contribution >= 0.6 is 0 Å². The monoisotopic (exact) mass is 300 g/mol. The minimum Gasteiger partial charge on any atom is -0.491 e. The molecule has 1 atom stereocenters. The summed E-state index contributed by atoms with van der Waals surface area (Å²) in [6.07, 6.45) is 1.64. The lowest BCUT2D eigenvalue weighted by Crippen LogP contribution is -2.26. The van der Waals surface area contributed by atoms with Gasteiger partial charge in [-0.1, -0.05) is 18.2 Å². The fourth-order valence-electron chi connectivity index (χ4n) is 2.47. The van der Waals surface area contributed by atoms with Gasteiger partial charge in [0.15, 0.2) is 0 Å². The third-order valence-corrected chi connectivity index (χ3v) is 3.36. The Bertz CT molecular complexity index is 736. The third-order valence-electron chi connectivity index (χ3n) is 3.36. The fraction of sp³-hybridized carbons (Fsp3) is 0.333. The third kappa shape index (κ3) is 2.57. The van der Waals surface area contributed by atoms with Crippen LogP contribution in [0.3, 0.4) is 0 Å². The van der Waals surface area contributed by atoms with Gasteiger partial charge in [-0.3, -0.25) is 0 Å². The Morgan fingerprint density at radius 2 is 2.18 bits per heavy atom. The Labute approximate surface area is 127 Å². The van der Waals surface area contributed by atoms with Crippen LogP contribution in [0.2, 0.25) is 0 Å². The quantitative estimate of drug-likeness (QED) is 0.935. The first-order valence-electron chi connectivity index (χ1n) is 7.02. The average molecular weight is 300 g/mol. The van der Waals surface area contributed by atoms with Crippen LogP contribution in [0.4, 0.5) is 5.95 Å². The number of aromatic nitrogens is 3. The molecule has 0 saturated carbocycles. The Balaban J connectivity index is 2.06. The normalized spacial score (nSPS) is 17.0. The van der Waals surface area contributed by atoms with Crippen LogP contribution < -0.4 is 4.74 Å². The Kier molecular flexibility index (Phi) is 3.62. The molecule has 7 nitrogen and oxygen atoms in total. The van der Waals surface area contributed by atoms with E-state index in [2.05, 4.69) is 15.1 Å². The maximum atomic E-state index is 11.3. The molecule has 0 aliphatic carbocycles. The van der Waals surface area contributed by atoms with E-state index in [-0.39, 0.29) is 24.3 Å². The molecule has 2 heterocycles. The molecule has 0 radical (unpaired) electrons. The van der Waals surface area contributed by atoms with E-state index >= 15 is 0 Å². The number of ether oxygens (including phenoxy) is 1. The SMILES string of the molecule is CC(C)Oc1ccccc1C1CC(C(=O)O)=Nc2ncnn21. The number of rotatable bonds is 4. The van der Waals surface area contributed by atoms with Gasteiger partial charge in [0.25, 0.3) is 0 Å². The van der Waals surface area contributed by atoms with Crippen molar-refractivity contribution in [1.82, 2.24) is 14.8 Å². The second kappa shape index (κ2) is 5.59. The van der Waals surface area contributed by atoms with Crippen molar-refractivity contribution in [1.29, 1.82) is 0 Å². The van der Waals surface area contributed by atoms with E-state index in [4.69, 9.17) is 4.74 Å². The predicted octanol–water partition coefficient (Wildman–Crippen LogP) is 2.22. The van der Waals surface area contributed by atoms with E-state index < -0.39 is 5.97 Å².